The summed E-state index contributed by atoms with van der Waals surface area (Å²) in [5, 5.41) is 3.20. The monoisotopic (exact) mass is 813 g/mol. The predicted octanol–water partition coefficient (Wildman–Crippen LogP) is 12.7. The number of likely N-dealkylation sites (tertiary alicyclic amines) is 1. The Morgan fingerprint density at radius 1 is 0.603 bits per heavy atom. The maximum atomic E-state index is 14.1. The van der Waals surface area contributed by atoms with Crippen LogP contribution >= 0.6 is 0 Å². The molecular formula is C50H92N4O4. The fourth-order valence-electron chi connectivity index (χ4n) is 7.56. The molecule has 1 fully saturated rings. The van der Waals surface area contributed by atoms with Crippen molar-refractivity contribution in [2.24, 2.45) is 0 Å². The Kier molecular flexibility index (Phi) is 31.4. The fourth-order valence-corrected chi connectivity index (χ4v) is 7.56. The molecular weight excluding hydrogens is 721 g/mol. The topological polar surface area (TPSA) is 82.2 Å². The molecule has 1 aliphatic rings. The zero-order chi connectivity index (χ0) is 42.7. The molecule has 58 heavy (non-hydrogen) atoms. The van der Waals surface area contributed by atoms with Crippen LogP contribution in [-0.2, 0) is 14.3 Å². The van der Waals surface area contributed by atoms with Gasteiger partial charge in [0.05, 0.1) is 13.1 Å². The van der Waals surface area contributed by atoms with Crippen LogP contribution < -0.4 is 5.32 Å². The van der Waals surface area contributed by atoms with E-state index in [2.05, 4.69) is 60.5 Å². The van der Waals surface area contributed by atoms with E-state index in [-0.39, 0.29) is 24.9 Å². The summed E-state index contributed by atoms with van der Waals surface area (Å²) in [4.78, 5) is 46.7. The van der Waals surface area contributed by atoms with Gasteiger partial charge in [0.2, 0.25) is 11.8 Å². The molecule has 1 aliphatic heterocycles. The summed E-state index contributed by atoms with van der Waals surface area (Å²) >= 11 is 0. The first-order valence-corrected chi connectivity index (χ1v) is 24.1. The molecule has 1 saturated heterocycles. The highest BCUT2D eigenvalue weighted by Gasteiger charge is 2.57. The highest BCUT2D eigenvalue weighted by atomic mass is 16.6. The standard InChI is InChI=1S/C50H92N4O4/c1-8-10-12-14-16-18-20-22-24-26-28-30-32-34-36-38-41-51-47(56)50(44-53(45-50)48(57)58-49(3,4)5)54(43-39-42-52(6)7)46(55)40-37-35-33-31-29-27-25-23-21-19-17-15-13-11-9-2/h17,19,22-25H,8-16,18,20-21,26-45H2,1-7H3,(H,51,56)/b19-17-,24-22-,25-23-. The van der Waals surface area contributed by atoms with Gasteiger partial charge in [-0.2, -0.15) is 0 Å². The number of unbranched alkanes of at least 4 members (excludes halogenated alkanes) is 20. The number of nitrogens with one attached hydrogen (secondary N) is 1. The van der Waals surface area contributed by atoms with Crippen LogP contribution in [0, 0.1) is 0 Å². The molecule has 0 aliphatic carbocycles. The van der Waals surface area contributed by atoms with Crippen LogP contribution in [0.4, 0.5) is 4.79 Å². The van der Waals surface area contributed by atoms with Crippen molar-refractivity contribution in [2.45, 2.75) is 219 Å². The normalized spacial score (nSPS) is 14.2. The van der Waals surface area contributed by atoms with Crippen molar-refractivity contribution >= 4 is 17.9 Å². The van der Waals surface area contributed by atoms with Gasteiger partial charge in [0.15, 0.2) is 5.54 Å². The maximum Gasteiger partial charge on any atom is 0.410 e. The van der Waals surface area contributed by atoms with Gasteiger partial charge in [0.25, 0.3) is 0 Å². The van der Waals surface area contributed by atoms with Gasteiger partial charge in [-0.25, -0.2) is 4.79 Å². The van der Waals surface area contributed by atoms with Gasteiger partial charge in [-0.3, -0.25) is 9.59 Å². The minimum Gasteiger partial charge on any atom is -0.444 e. The second-order valence-electron chi connectivity index (χ2n) is 18.2. The molecule has 1 heterocycles. The minimum absolute atomic E-state index is 0.0145. The van der Waals surface area contributed by atoms with E-state index in [1.54, 1.807) is 4.90 Å². The molecule has 0 atom stereocenters. The molecule has 8 nitrogen and oxygen atoms in total. The lowest BCUT2D eigenvalue weighted by molar-refractivity contribution is -0.159. The highest BCUT2D eigenvalue weighted by Crippen LogP contribution is 2.32. The first kappa shape index (κ1) is 53.4. The number of allylic oxidation sites excluding steroid dienone is 6. The number of rotatable bonds is 36. The van der Waals surface area contributed by atoms with Crippen LogP contribution in [-0.4, -0.2) is 90.6 Å². The largest absolute Gasteiger partial charge is 0.444 e. The molecule has 3 amide bonds. The molecule has 0 aromatic heterocycles. The van der Waals surface area contributed by atoms with E-state index >= 15 is 0 Å². The molecule has 0 unspecified atom stereocenters. The SMILES string of the molecule is CCCCC/C=C\C/C=C\CCCCCCCC(=O)N(CCCN(C)C)C1(C(=O)NCCCCCCCC/C=C\CCCCCCCC)CN(C(=O)OC(C)(C)C)C1. The van der Waals surface area contributed by atoms with Gasteiger partial charge in [-0.05, 0) is 118 Å². The summed E-state index contributed by atoms with van der Waals surface area (Å²) in [6.45, 7) is 12.3. The molecule has 0 saturated carbocycles. The fraction of sp³-hybridized carbons (Fsp3) is 0.820. The van der Waals surface area contributed by atoms with Crippen LogP contribution in [0.3, 0.4) is 0 Å². The van der Waals surface area contributed by atoms with Crippen molar-refractivity contribution in [3.05, 3.63) is 36.5 Å². The van der Waals surface area contributed by atoms with Gasteiger partial charge in [-0.1, -0.05) is 140 Å². The number of carbonyl (C=O) groups is 3. The first-order chi connectivity index (χ1) is 28.0. The van der Waals surface area contributed by atoms with Crippen molar-refractivity contribution in [1.82, 2.24) is 20.0 Å². The number of amides is 3. The van der Waals surface area contributed by atoms with Crippen molar-refractivity contribution in [1.29, 1.82) is 0 Å². The number of carbonyl (C=O) groups excluding carboxylic acids is 3. The molecule has 0 aromatic rings. The zero-order valence-corrected chi connectivity index (χ0v) is 39.1. The summed E-state index contributed by atoms with van der Waals surface area (Å²) in [6.07, 6.45) is 44.5. The van der Waals surface area contributed by atoms with Crippen molar-refractivity contribution in [3.63, 3.8) is 0 Å². The Morgan fingerprint density at radius 3 is 1.57 bits per heavy atom. The molecule has 1 rings (SSSR count). The first-order valence-electron chi connectivity index (χ1n) is 24.1. The summed E-state index contributed by atoms with van der Waals surface area (Å²) < 4.78 is 5.66. The van der Waals surface area contributed by atoms with E-state index in [9.17, 15) is 14.4 Å². The molecule has 336 valence electrons. The lowest BCUT2D eigenvalue weighted by atomic mass is 9.85. The van der Waals surface area contributed by atoms with E-state index < -0.39 is 17.2 Å². The Bertz CT molecular complexity index is 1130. The Morgan fingerprint density at radius 2 is 1.05 bits per heavy atom. The highest BCUT2D eigenvalue weighted by molar-refractivity contribution is 5.94. The lowest BCUT2D eigenvalue weighted by Gasteiger charge is -2.54. The van der Waals surface area contributed by atoms with E-state index in [4.69, 9.17) is 4.74 Å². The predicted molar refractivity (Wildman–Crippen MR) is 247 cm³/mol. The molecule has 0 radical (unpaired) electrons. The molecule has 0 aromatic carbocycles. The zero-order valence-electron chi connectivity index (χ0n) is 39.1. The Balaban J connectivity index is 2.62. The van der Waals surface area contributed by atoms with Crippen molar-refractivity contribution < 1.29 is 19.1 Å². The lowest BCUT2D eigenvalue weighted by Crippen LogP contribution is -2.78. The van der Waals surface area contributed by atoms with Gasteiger partial charge in [0.1, 0.15) is 5.60 Å². The van der Waals surface area contributed by atoms with E-state index in [1.807, 2.05) is 39.8 Å². The van der Waals surface area contributed by atoms with Crippen LogP contribution in [0.25, 0.3) is 0 Å². The maximum absolute atomic E-state index is 14.1. The quantitative estimate of drug-likeness (QED) is 0.0503. The van der Waals surface area contributed by atoms with Gasteiger partial charge in [-0.15, -0.1) is 0 Å². The second-order valence-corrected chi connectivity index (χ2v) is 18.2. The number of hydrogen-bond donors (Lipinski definition) is 1. The van der Waals surface area contributed by atoms with Crippen molar-refractivity contribution in [2.75, 3.05) is 46.8 Å². The number of nitrogens with zero attached hydrogens (tertiary/aromatic N) is 3. The average molecular weight is 813 g/mol. The Labute approximate surface area is 358 Å². The average Bonchev–Trinajstić information content (AvgIpc) is 3.15. The summed E-state index contributed by atoms with van der Waals surface area (Å²) in [6, 6.07) is 0. The Hall–Kier alpha value is -2.61. The molecule has 8 heteroatoms. The minimum atomic E-state index is -1.07. The molecule has 1 N–H and O–H groups in total. The van der Waals surface area contributed by atoms with E-state index in [0.29, 0.717) is 19.5 Å². The van der Waals surface area contributed by atoms with Crippen LogP contribution in [0.5, 0.6) is 0 Å². The summed E-state index contributed by atoms with van der Waals surface area (Å²) in [5.41, 5.74) is -1.70. The second kappa shape index (κ2) is 34.1. The van der Waals surface area contributed by atoms with Crippen LogP contribution in [0.15, 0.2) is 36.5 Å². The number of ether oxygens (including phenoxy) is 1. The van der Waals surface area contributed by atoms with Gasteiger partial charge >= 0.3 is 6.09 Å². The summed E-state index contributed by atoms with van der Waals surface area (Å²) in [7, 11) is 4.06. The summed E-state index contributed by atoms with van der Waals surface area (Å²) in [5.74, 6) is -0.126. The molecule has 0 spiro atoms. The third-order valence-electron chi connectivity index (χ3n) is 11.1. The van der Waals surface area contributed by atoms with Gasteiger partial charge < -0.3 is 24.8 Å². The van der Waals surface area contributed by atoms with E-state index in [1.165, 1.54) is 103 Å². The smallest absolute Gasteiger partial charge is 0.410 e. The third kappa shape index (κ3) is 26.5. The third-order valence-corrected chi connectivity index (χ3v) is 11.1. The van der Waals surface area contributed by atoms with Crippen molar-refractivity contribution in [3.8, 4) is 0 Å². The molecule has 0 bridgehead atoms. The van der Waals surface area contributed by atoms with Gasteiger partial charge in [0, 0.05) is 19.5 Å². The van der Waals surface area contributed by atoms with Crippen LogP contribution in [0.2, 0.25) is 0 Å². The van der Waals surface area contributed by atoms with E-state index in [0.717, 1.165) is 70.8 Å². The number of hydrogen-bond acceptors (Lipinski definition) is 5. The van der Waals surface area contributed by atoms with Crippen LogP contribution in [0.1, 0.15) is 208 Å².